The topological polar surface area (TPSA) is 63.6 Å². The summed E-state index contributed by atoms with van der Waals surface area (Å²) in [6, 6.07) is 0. The van der Waals surface area contributed by atoms with Gasteiger partial charge < -0.3 is 4.74 Å². The summed E-state index contributed by atoms with van der Waals surface area (Å²) in [5, 5.41) is 0. The van der Waals surface area contributed by atoms with Crippen LogP contribution in [0.2, 0.25) is 0 Å². The first-order valence-corrected chi connectivity index (χ1v) is 7.61. The Balaban J connectivity index is 3.04. The molecule has 1 rings (SSSR count). The molecule has 0 saturated heterocycles. The Labute approximate surface area is 151 Å². The first kappa shape index (κ1) is 21.1. The molecule has 0 heterocycles. The molecule has 4 nitrogen and oxygen atoms in total. The van der Waals surface area contributed by atoms with Crippen LogP contribution in [-0.2, 0) is 10.1 Å². The Morgan fingerprint density at radius 1 is 0.741 bits per heavy atom. The summed E-state index contributed by atoms with van der Waals surface area (Å²) in [4.78, 5) is -2.19. The van der Waals surface area contributed by atoms with E-state index in [-0.39, 0.29) is 0 Å². The zero-order valence-electron chi connectivity index (χ0n) is 12.7. The number of halogens is 4. The van der Waals surface area contributed by atoms with Crippen molar-refractivity contribution < 1.29 is 35.3 Å². The first-order valence-electron chi connectivity index (χ1n) is 6.17. The Morgan fingerprint density at radius 3 is 1.56 bits per heavy atom. The standard InChI is InChI=1S/C18H2F4O4S/c1-2-3-4-5-6-7-8-9-10-11-12-26-17-13(19)15(21)18(27(23,24)25)16(22)14(17)20/h1H,(H,23,24,25). The largest absolute Gasteiger partial charge is 0.400 e. The molecule has 0 radical (unpaired) electrons. The van der Waals surface area contributed by atoms with Gasteiger partial charge in [-0.25, -0.2) is 8.78 Å². The number of hydrogen-bond acceptors (Lipinski definition) is 3. The summed E-state index contributed by atoms with van der Waals surface area (Å²) >= 11 is 0. The van der Waals surface area contributed by atoms with Crippen molar-refractivity contribution in [2.75, 3.05) is 0 Å². The molecule has 0 aliphatic carbocycles. The number of ether oxygens (including phenoxy) is 1. The molecular weight excluding hydrogens is 388 g/mol. The summed E-state index contributed by atoms with van der Waals surface area (Å²) in [5.41, 5.74) is 0. The summed E-state index contributed by atoms with van der Waals surface area (Å²) in [6.07, 6.45) is 6.46. The Morgan fingerprint density at radius 2 is 1.15 bits per heavy atom. The maximum Gasteiger partial charge on any atom is 0.300 e. The van der Waals surface area contributed by atoms with E-state index in [2.05, 4.69) is 46.2 Å². The molecule has 1 N–H and O–H groups in total. The minimum absolute atomic E-state index is 1.62. The third kappa shape index (κ3) is 5.79. The summed E-state index contributed by atoms with van der Waals surface area (Å²) in [7, 11) is -5.56. The van der Waals surface area contributed by atoms with Gasteiger partial charge in [0.1, 0.15) is 6.11 Å². The van der Waals surface area contributed by atoms with Crippen LogP contribution in [0.25, 0.3) is 0 Å². The highest BCUT2D eigenvalue weighted by Crippen LogP contribution is 2.32. The molecule has 132 valence electrons. The summed E-state index contributed by atoms with van der Waals surface area (Å²) in [6.45, 7) is 0. The number of rotatable bonds is 2. The summed E-state index contributed by atoms with van der Waals surface area (Å²) < 4.78 is 88.5. The van der Waals surface area contributed by atoms with Gasteiger partial charge in [0.25, 0.3) is 0 Å². The van der Waals surface area contributed by atoms with Gasteiger partial charge in [0, 0.05) is 29.6 Å². The van der Waals surface area contributed by atoms with Gasteiger partial charge in [-0.05, 0) is 29.6 Å². The Kier molecular flexibility index (Phi) is 7.39. The van der Waals surface area contributed by atoms with Crippen LogP contribution in [0.3, 0.4) is 0 Å². The molecule has 0 fully saturated rings. The van der Waals surface area contributed by atoms with E-state index in [4.69, 9.17) is 11.0 Å². The second-order valence-electron chi connectivity index (χ2n) is 3.86. The number of hydrogen-bond donors (Lipinski definition) is 1. The molecular formula is C18H2F4O4S. The van der Waals surface area contributed by atoms with Gasteiger partial charge in [-0.1, -0.05) is 0 Å². The van der Waals surface area contributed by atoms with Crippen LogP contribution in [0.4, 0.5) is 17.6 Å². The number of benzene rings is 1. The highest BCUT2D eigenvalue weighted by molar-refractivity contribution is 7.85. The molecule has 0 unspecified atom stereocenters. The fraction of sp³-hybridized carbons (Fsp3) is 0. The summed E-state index contributed by atoms with van der Waals surface area (Å²) in [5.74, 6) is 10.7. The molecule has 0 aliphatic rings. The van der Waals surface area contributed by atoms with Gasteiger partial charge in [0.05, 0.1) is 0 Å². The van der Waals surface area contributed by atoms with E-state index in [1.54, 1.807) is 6.11 Å². The quantitative estimate of drug-likeness (QED) is 0.360. The lowest BCUT2D eigenvalue weighted by molar-refractivity contribution is 0.356. The Bertz CT molecular complexity index is 1220. The van der Waals surface area contributed by atoms with Crippen molar-refractivity contribution in [1.29, 1.82) is 0 Å². The average Bonchev–Trinajstić information content (AvgIpc) is 2.59. The molecule has 27 heavy (non-hydrogen) atoms. The van der Waals surface area contributed by atoms with Crippen molar-refractivity contribution in [3.63, 3.8) is 0 Å². The van der Waals surface area contributed by atoms with E-state index in [9.17, 15) is 26.0 Å². The lowest BCUT2D eigenvalue weighted by Crippen LogP contribution is -2.11. The van der Waals surface area contributed by atoms with Crippen molar-refractivity contribution >= 4 is 10.1 Å². The van der Waals surface area contributed by atoms with Crippen molar-refractivity contribution in [2.45, 2.75) is 4.90 Å². The molecule has 0 aliphatic heterocycles. The van der Waals surface area contributed by atoms with E-state index in [0.717, 1.165) is 0 Å². The molecule has 9 heteroatoms. The van der Waals surface area contributed by atoms with E-state index in [1.807, 2.05) is 17.8 Å². The Hall–Kier alpha value is -3.99. The fourth-order valence-corrected chi connectivity index (χ4v) is 1.90. The molecule has 0 amide bonds. The predicted molar refractivity (Wildman–Crippen MR) is 84.4 cm³/mol. The third-order valence-corrected chi connectivity index (χ3v) is 3.09. The lowest BCUT2D eigenvalue weighted by atomic mass is 10.3. The minimum Gasteiger partial charge on any atom is -0.400 e. The average molecular weight is 390 g/mol. The molecule has 0 spiro atoms. The smallest absolute Gasteiger partial charge is 0.300 e. The monoisotopic (exact) mass is 390 g/mol. The van der Waals surface area contributed by atoms with E-state index >= 15 is 0 Å². The van der Waals surface area contributed by atoms with Crippen molar-refractivity contribution in [1.82, 2.24) is 0 Å². The van der Waals surface area contributed by atoms with Crippen LogP contribution < -0.4 is 4.74 Å². The molecule has 0 bridgehead atoms. The van der Waals surface area contributed by atoms with Crippen LogP contribution in [0, 0.1) is 95.0 Å². The van der Waals surface area contributed by atoms with Crippen molar-refractivity contribution in [3.8, 4) is 77.5 Å². The van der Waals surface area contributed by atoms with E-state index < -0.39 is 44.0 Å². The highest BCUT2D eigenvalue weighted by Gasteiger charge is 2.33. The zero-order chi connectivity index (χ0) is 20.4. The molecule has 0 atom stereocenters. The second-order valence-corrected chi connectivity index (χ2v) is 5.22. The highest BCUT2D eigenvalue weighted by atomic mass is 32.2. The van der Waals surface area contributed by atoms with Crippen LogP contribution in [-0.4, -0.2) is 13.0 Å². The molecule has 1 aromatic rings. The first-order chi connectivity index (χ1) is 12.7. The van der Waals surface area contributed by atoms with Gasteiger partial charge in [0.2, 0.25) is 17.4 Å². The van der Waals surface area contributed by atoms with Gasteiger partial charge in [-0.2, -0.15) is 17.2 Å². The van der Waals surface area contributed by atoms with Crippen LogP contribution >= 0.6 is 0 Å². The van der Waals surface area contributed by atoms with Crippen molar-refractivity contribution in [3.05, 3.63) is 23.3 Å². The predicted octanol–water partition coefficient (Wildman–Crippen LogP) is 1.48. The van der Waals surface area contributed by atoms with E-state index in [1.165, 1.54) is 0 Å². The minimum atomic E-state index is -5.56. The van der Waals surface area contributed by atoms with E-state index in [0.29, 0.717) is 0 Å². The maximum absolute atomic E-state index is 13.6. The van der Waals surface area contributed by atoms with Crippen LogP contribution in [0.5, 0.6) is 5.75 Å². The molecule has 0 aromatic heterocycles. The fourth-order valence-electron chi connectivity index (χ4n) is 1.26. The maximum atomic E-state index is 13.6. The second kappa shape index (κ2) is 9.48. The van der Waals surface area contributed by atoms with Crippen molar-refractivity contribution in [2.24, 2.45) is 0 Å². The third-order valence-electron chi connectivity index (χ3n) is 2.22. The number of terminal acetylenes is 1. The lowest BCUT2D eigenvalue weighted by Gasteiger charge is -2.07. The van der Waals surface area contributed by atoms with Gasteiger partial charge in [0.15, 0.2) is 16.5 Å². The van der Waals surface area contributed by atoms with Gasteiger partial charge in [-0.15, -0.1) is 6.42 Å². The van der Waals surface area contributed by atoms with Gasteiger partial charge >= 0.3 is 10.1 Å². The zero-order valence-corrected chi connectivity index (χ0v) is 13.5. The molecule has 1 aromatic carbocycles. The van der Waals surface area contributed by atoms with Gasteiger partial charge in [-0.3, -0.25) is 4.55 Å². The SMILES string of the molecule is C#CC#CC#CC#CC#CC#COc1c(F)c(F)c(S(=O)(=O)O)c(F)c1F. The molecule has 0 saturated carbocycles. The van der Waals surface area contributed by atoms with Crippen LogP contribution in [0.1, 0.15) is 0 Å². The normalized spacial score (nSPS) is 8.44. The van der Waals surface area contributed by atoms with Crippen LogP contribution in [0.15, 0.2) is 4.90 Å².